The van der Waals surface area contributed by atoms with E-state index in [-0.39, 0.29) is 22.4 Å². The lowest BCUT2D eigenvalue weighted by Gasteiger charge is -2.12. The van der Waals surface area contributed by atoms with Gasteiger partial charge in [0, 0.05) is 28.8 Å². The molecule has 0 atom stereocenters. The summed E-state index contributed by atoms with van der Waals surface area (Å²) in [6.07, 6.45) is 1.70. The first kappa shape index (κ1) is 19.0. The summed E-state index contributed by atoms with van der Waals surface area (Å²) in [7, 11) is 0. The molecule has 0 N–H and O–H groups in total. The van der Waals surface area contributed by atoms with Crippen molar-refractivity contribution in [2.45, 2.75) is 6.92 Å². The van der Waals surface area contributed by atoms with E-state index in [1.165, 1.54) is 13.0 Å². The molecule has 0 saturated heterocycles. The Morgan fingerprint density at radius 1 is 0.808 bits per heavy atom. The molecule has 0 bridgehead atoms. The van der Waals surface area contributed by atoms with Crippen LogP contribution in [-0.4, -0.2) is 11.9 Å². The molecule has 0 saturated carbocycles. The molecule has 0 heterocycles. The topological polar surface area (TPSA) is 52.6 Å². The van der Waals surface area contributed by atoms with E-state index in [0.29, 0.717) is 0 Å². The minimum atomic E-state index is -1.45. The first-order valence-corrected chi connectivity index (χ1v) is 7.26. The predicted molar refractivity (Wildman–Crippen MR) is 88.2 cm³/mol. The summed E-state index contributed by atoms with van der Waals surface area (Å²) in [6, 6.07) is 4.45. The van der Waals surface area contributed by atoms with Gasteiger partial charge in [0.25, 0.3) is 0 Å². The van der Waals surface area contributed by atoms with Gasteiger partial charge >= 0.3 is 11.9 Å². The minimum Gasteiger partial charge on any atom is -0.423 e. The quantitative estimate of drug-likeness (QED) is 0.453. The molecule has 0 unspecified atom stereocenters. The number of carbonyl (C=O) groups excluding carboxylic acids is 2. The van der Waals surface area contributed by atoms with Crippen LogP contribution in [0.4, 0.5) is 13.2 Å². The molecule has 4 nitrogen and oxygen atoms in total. The maximum absolute atomic E-state index is 14.6. The SMILES string of the molecule is C=CC(=O)Oc1ccc(-c2ccc(OC(=O)C=C)c(F)c2F)c(F)c1C. The van der Waals surface area contributed by atoms with Crippen molar-refractivity contribution in [3.63, 3.8) is 0 Å². The molecule has 2 rings (SSSR count). The highest BCUT2D eigenvalue weighted by molar-refractivity contribution is 5.84. The van der Waals surface area contributed by atoms with Crippen molar-refractivity contribution < 1.29 is 32.2 Å². The summed E-state index contributed by atoms with van der Waals surface area (Å²) in [5.41, 5.74) is -0.707. The van der Waals surface area contributed by atoms with Crippen LogP contribution in [0.3, 0.4) is 0 Å². The molecule has 0 aliphatic heterocycles. The van der Waals surface area contributed by atoms with Gasteiger partial charge < -0.3 is 9.47 Å². The van der Waals surface area contributed by atoms with Gasteiger partial charge in [-0.2, -0.15) is 4.39 Å². The van der Waals surface area contributed by atoms with Crippen molar-refractivity contribution in [3.05, 3.63) is 72.6 Å². The van der Waals surface area contributed by atoms with Crippen molar-refractivity contribution in [1.29, 1.82) is 0 Å². The minimum absolute atomic E-state index is 0.0698. The molecule has 0 aliphatic rings. The van der Waals surface area contributed by atoms with Gasteiger partial charge in [0.15, 0.2) is 11.6 Å². The highest BCUT2D eigenvalue weighted by atomic mass is 19.2. The van der Waals surface area contributed by atoms with E-state index in [4.69, 9.17) is 4.74 Å². The summed E-state index contributed by atoms with van der Waals surface area (Å²) >= 11 is 0. The average molecular weight is 362 g/mol. The van der Waals surface area contributed by atoms with E-state index in [9.17, 15) is 22.8 Å². The second kappa shape index (κ2) is 7.69. The van der Waals surface area contributed by atoms with Crippen LogP contribution in [0.15, 0.2) is 49.6 Å². The Morgan fingerprint density at radius 3 is 1.81 bits per heavy atom. The largest absolute Gasteiger partial charge is 0.423 e. The van der Waals surface area contributed by atoms with Crippen LogP contribution in [0.25, 0.3) is 11.1 Å². The maximum atomic E-state index is 14.6. The molecule has 0 aromatic heterocycles. The monoisotopic (exact) mass is 362 g/mol. The van der Waals surface area contributed by atoms with Gasteiger partial charge in [-0.1, -0.05) is 13.2 Å². The Labute approximate surface area is 147 Å². The Bertz CT molecular complexity index is 844. The Kier molecular flexibility index (Phi) is 5.61. The summed E-state index contributed by atoms with van der Waals surface area (Å²) in [4.78, 5) is 22.3. The van der Waals surface area contributed by atoms with Crippen LogP contribution < -0.4 is 9.47 Å². The third-order valence-electron chi connectivity index (χ3n) is 3.43. The summed E-state index contributed by atoms with van der Waals surface area (Å²) in [5, 5.41) is 0. The van der Waals surface area contributed by atoms with E-state index >= 15 is 0 Å². The van der Waals surface area contributed by atoms with E-state index in [2.05, 4.69) is 17.9 Å². The van der Waals surface area contributed by atoms with Crippen molar-refractivity contribution in [2.24, 2.45) is 0 Å². The lowest BCUT2D eigenvalue weighted by Crippen LogP contribution is -2.07. The van der Waals surface area contributed by atoms with E-state index in [0.717, 1.165) is 30.4 Å². The number of hydrogen-bond donors (Lipinski definition) is 0. The maximum Gasteiger partial charge on any atom is 0.335 e. The van der Waals surface area contributed by atoms with Gasteiger partial charge in [-0.25, -0.2) is 18.4 Å². The number of hydrogen-bond acceptors (Lipinski definition) is 4. The molecular formula is C19H13F3O4. The molecular weight excluding hydrogens is 349 g/mol. The second-order valence-corrected chi connectivity index (χ2v) is 5.04. The van der Waals surface area contributed by atoms with Gasteiger partial charge in [0.05, 0.1) is 0 Å². The number of carbonyl (C=O) groups is 2. The van der Waals surface area contributed by atoms with Crippen molar-refractivity contribution >= 4 is 11.9 Å². The predicted octanol–water partition coefficient (Wildman–Crippen LogP) is 4.26. The third-order valence-corrected chi connectivity index (χ3v) is 3.43. The smallest absolute Gasteiger partial charge is 0.335 e. The normalized spacial score (nSPS) is 10.2. The zero-order chi connectivity index (χ0) is 19.4. The average Bonchev–Trinajstić information content (AvgIpc) is 2.63. The van der Waals surface area contributed by atoms with Crippen LogP contribution in [0.2, 0.25) is 0 Å². The molecule has 0 amide bonds. The Hall–Kier alpha value is -3.35. The van der Waals surface area contributed by atoms with Crippen LogP contribution in [0.1, 0.15) is 5.56 Å². The lowest BCUT2D eigenvalue weighted by molar-refractivity contribution is -0.130. The van der Waals surface area contributed by atoms with Gasteiger partial charge in [-0.3, -0.25) is 0 Å². The molecule has 134 valence electrons. The number of benzene rings is 2. The third kappa shape index (κ3) is 3.66. The van der Waals surface area contributed by atoms with Crippen molar-refractivity contribution in [2.75, 3.05) is 0 Å². The first-order chi connectivity index (χ1) is 12.3. The van der Waals surface area contributed by atoms with Crippen molar-refractivity contribution in [1.82, 2.24) is 0 Å². The Balaban J connectivity index is 2.49. The Morgan fingerprint density at radius 2 is 1.27 bits per heavy atom. The standard InChI is InChI=1S/C19H13F3O4/c1-4-15(23)25-13-8-6-11(17(20)10(13)3)12-7-9-14(19(22)18(12)21)26-16(24)5-2/h4-9H,1-2H2,3H3. The van der Waals surface area contributed by atoms with E-state index in [1.54, 1.807) is 0 Å². The lowest BCUT2D eigenvalue weighted by atomic mass is 10.0. The molecule has 2 aromatic rings. The first-order valence-electron chi connectivity index (χ1n) is 7.26. The molecule has 0 aliphatic carbocycles. The molecule has 0 radical (unpaired) electrons. The summed E-state index contributed by atoms with van der Waals surface area (Å²) in [5.74, 6) is -6.21. The number of rotatable bonds is 5. The van der Waals surface area contributed by atoms with Gasteiger partial charge in [-0.05, 0) is 31.2 Å². The number of esters is 2. The molecule has 2 aromatic carbocycles. The van der Waals surface area contributed by atoms with Crippen LogP contribution in [-0.2, 0) is 9.59 Å². The molecule has 7 heteroatoms. The molecule has 26 heavy (non-hydrogen) atoms. The zero-order valence-electron chi connectivity index (χ0n) is 13.6. The van der Waals surface area contributed by atoms with Gasteiger partial charge in [0.2, 0.25) is 5.82 Å². The highest BCUT2D eigenvalue weighted by Gasteiger charge is 2.21. The van der Waals surface area contributed by atoms with Crippen molar-refractivity contribution in [3.8, 4) is 22.6 Å². The fraction of sp³-hybridized carbons (Fsp3) is 0.0526. The van der Waals surface area contributed by atoms with Gasteiger partial charge in [-0.15, -0.1) is 0 Å². The summed E-state index contributed by atoms with van der Waals surface area (Å²) in [6.45, 7) is 7.69. The fourth-order valence-electron chi connectivity index (χ4n) is 2.10. The zero-order valence-corrected chi connectivity index (χ0v) is 13.6. The molecule has 0 fully saturated rings. The van der Waals surface area contributed by atoms with Crippen LogP contribution in [0.5, 0.6) is 11.5 Å². The van der Waals surface area contributed by atoms with Crippen LogP contribution in [0, 0.1) is 24.4 Å². The number of ether oxygens (including phenoxy) is 2. The number of halogens is 3. The summed E-state index contributed by atoms with van der Waals surface area (Å²) < 4.78 is 52.4. The van der Waals surface area contributed by atoms with E-state index < -0.39 is 35.1 Å². The fourth-order valence-corrected chi connectivity index (χ4v) is 2.10. The van der Waals surface area contributed by atoms with Gasteiger partial charge in [0.1, 0.15) is 11.6 Å². The van der Waals surface area contributed by atoms with E-state index in [1.807, 2.05) is 0 Å². The molecule has 0 spiro atoms. The highest BCUT2D eigenvalue weighted by Crippen LogP contribution is 2.35. The van der Waals surface area contributed by atoms with Crippen LogP contribution >= 0.6 is 0 Å². The second-order valence-electron chi connectivity index (χ2n) is 5.04.